The van der Waals surface area contributed by atoms with Crippen LogP contribution in [0.4, 0.5) is 0 Å². The number of amides is 1. The van der Waals surface area contributed by atoms with Crippen molar-refractivity contribution in [3.63, 3.8) is 0 Å². The van der Waals surface area contributed by atoms with Crippen LogP contribution in [-0.2, 0) is 4.79 Å². The minimum Gasteiger partial charge on any atom is -0.493 e. The average molecular weight is 357 g/mol. The summed E-state index contributed by atoms with van der Waals surface area (Å²) in [6, 6.07) is 7.35. The van der Waals surface area contributed by atoms with Gasteiger partial charge < -0.3 is 19.7 Å². The fourth-order valence-corrected chi connectivity index (χ4v) is 3.19. The van der Waals surface area contributed by atoms with Crippen molar-refractivity contribution in [3.8, 4) is 11.5 Å². The number of hydrogen-bond donors (Lipinski definition) is 1. The van der Waals surface area contributed by atoms with Gasteiger partial charge in [-0.25, -0.2) is 0 Å². The molecule has 1 aromatic carbocycles. The van der Waals surface area contributed by atoms with E-state index in [9.17, 15) is 4.79 Å². The molecule has 6 heteroatoms. The lowest BCUT2D eigenvalue weighted by Gasteiger charge is -2.43. The summed E-state index contributed by atoms with van der Waals surface area (Å²) in [6.07, 6.45) is 6.01. The van der Waals surface area contributed by atoms with Crippen molar-refractivity contribution >= 4 is 18.3 Å². The van der Waals surface area contributed by atoms with Gasteiger partial charge in [-0.3, -0.25) is 4.79 Å². The number of carbonyl (C=O) groups is 1. The lowest BCUT2D eigenvalue weighted by atomic mass is 9.80. The summed E-state index contributed by atoms with van der Waals surface area (Å²) in [7, 11) is 5.79. The Balaban J connectivity index is 0.00000288. The highest BCUT2D eigenvalue weighted by molar-refractivity contribution is 5.85. The molecule has 2 rings (SSSR count). The zero-order valence-electron chi connectivity index (χ0n) is 14.8. The number of halogens is 1. The van der Waals surface area contributed by atoms with Gasteiger partial charge in [0.15, 0.2) is 18.1 Å². The first-order chi connectivity index (χ1) is 11.1. The third kappa shape index (κ3) is 5.28. The van der Waals surface area contributed by atoms with Crippen molar-refractivity contribution in [2.45, 2.75) is 37.6 Å². The molecule has 0 aliphatic heterocycles. The maximum atomic E-state index is 12.1. The van der Waals surface area contributed by atoms with Crippen LogP contribution in [0, 0.1) is 0 Å². The Kier molecular flexibility index (Phi) is 8.36. The molecule has 1 aromatic rings. The molecule has 0 spiro atoms. The number of methoxy groups -OCH3 is 1. The van der Waals surface area contributed by atoms with Crippen LogP contribution >= 0.6 is 12.4 Å². The van der Waals surface area contributed by atoms with E-state index in [-0.39, 0.29) is 30.5 Å². The maximum Gasteiger partial charge on any atom is 0.258 e. The van der Waals surface area contributed by atoms with Gasteiger partial charge in [0.2, 0.25) is 0 Å². The van der Waals surface area contributed by atoms with Crippen LogP contribution in [-0.4, -0.2) is 50.7 Å². The summed E-state index contributed by atoms with van der Waals surface area (Å²) in [5, 5.41) is 3.04. The number of para-hydroxylation sites is 2. The van der Waals surface area contributed by atoms with Gasteiger partial charge in [-0.15, -0.1) is 12.4 Å². The molecule has 0 saturated heterocycles. The van der Waals surface area contributed by atoms with Gasteiger partial charge in [-0.2, -0.15) is 0 Å². The van der Waals surface area contributed by atoms with Crippen molar-refractivity contribution in [3.05, 3.63) is 24.3 Å². The Morgan fingerprint density at radius 1 is 1.17 bits per heavy atom. The molecular formula is C18H29ClN2O3. The SMILES string of the molecule is COc1ccccc1OCC(=O)NCC1(N(C)C)CCCCC1.Cl. The first kappa shape index (κ1) is 20.6. The molecule has 1 amide bonds. The van der Waals surface area contributed by atoms with Gasteiger partial charge in [0.25, 0.3) is 5.91 Å². The molecule has 0 atom stereocenters. The fourth-order valence-electron chi connectivity index (χ4n) is 3.19. The molecule has 5 nitrogen and oxygen atoms in total. The van der Waals surface area contributed by atoms with Gasteiger partial charge >= 0.3 is 0 Å². The lowest BCUT2D eigenvalue weighted by molar-refractivity contribution is -0.123. The molecule has 1 aliphatic carbocycles. The van der Waals surface area contributed by atoms with Crippen molar-refractivity contribution < 1.29 is 14.3 Å². The Bertz CT molecular complexity index is 517. The smallest absolute Gasteiger partial charge is 0.258 e. The van der Waals surface area contributed by atoms with Crippen molar-refractivity contribution in [1.29, 1.82) is 0 Å². The Hall–Kier alpha value is -1.46. The molecule has 0 radical (unpaired) electrons. The van der Waals surface area contributed by atoms with Gasteiger partial charge in [0.1, 0.15) is 0 Å². The van der Waals surface area contributed by atoms with Crippen molar-refractivity contribution in [2.75, 3.05) is 34.4 Å². The minimum absolute atomic E-state index is 0. The molecular weight excluding hydrogens is 328 g/mol. The number of nitrogens with zero attached hydrogens (tertiary/aromatic N) is 1. The van der Waals surface area contributed by atoms with Crippen LogP contribution in [0.1, 0.15) is 32.1 Å². The normalized spacial score (nSPS) is 16.2. The third-order valence-corrected chi connectivity index (χ3v) is 4.78. The molecule has 1 fully saturated rings. The largest absolute Gasteiger partial charge is 0.493 e. The molecule has 24 heavy (non-hydrogen) atoms. The summed E-state index contributed by atoms with van der Waals surface area (Å²) >= 11 is 0. The van der Waals surface area contributed by atoms with Crippen LogP contribution in [0.5, 0.6) is 11.5 Å². The van der Waals surface area contributed by atoms with E-state index in [0.29, 0.717) is 18.0 Å². The highest BCUT2D eigenvalue weighted by Crippen LogP contribution is 2.31. The molecule has 1 aliphatic rings. The molecule has 0 unspecified atom stereocenters. The molecule has 0 aromatic heterocycles. The van der Waals surface area contributed by atoms with E-state index in [4.69, 9.17) is 9.47 Å². The van der Waals surface area contributed by atoms with E-state index in [1.54, 1.807) is 13.2 Å². The molecule has 1 N–H and O–H groups in total. The average Bonchev–Trinajstić information content (AvgIpc) is 2.59. The monoisotopic (exact) mass is 356 g/mol. The van der Waals surface area contributed by atoms with Gasteiger partial charge in [-0.1, -0.05) is 31.4 Å². The number of rotatable bonds is 7. The predicted octanol–water partition coefficient (Wildman–Crippen LogP) is 2.88. The van der Waals surface area contributed by atoms with Crippen molar-refractivity contribution in [1.82, 2.24) is 10.2 Å². The third-order valence-electron chi connectivity index (χ3n) is 4.78. The first-order valence-corrected chi connectivity index (χ1v) is 8.27. The molecule has 0 heterocycles. The van der Waals surface area contributed by atoms with E-state index in [1.165, 1.54) is 19.3 Å². The highest BCUT2D eigenvalue weighted by atomic mass is 35.5. The number of carbonyl (C=O) groups excluding carboxylic acids is 1. The van der Waals surface area contributed by atoms with Crippen molar-refractivity contribution in [2.24, 2.45) is 0 Å². The summed E-state index contributed by atoms with van der Waals surface area (Å²) in [5.74, 6) is 1.13. The van der Waals surface area contributed by atoms with E-state index in [1.807, 2.05) is 18.2 Å². The standard InChI is InChI=1S/C18H28N2O3.ClH/c1-20(2)18(11-7-4-8-12-18)14-19-17(21)13-23-16-10-6-5-9-15(16)22-3;/h5-6,9-10H,4,7-8,11-14H2,1-3H3,(H,19,21);1H. The second-order valence-corrected chi connectivity index (χ2v) is 6.40. The Morgan fingerprint density at radius 3 is 2.38 bits per heavy atom. The van der Waals surface area contributed by atoms with Crippen LogP contribution in [0.3, 0.4) is 0 Å². The predicted molar refractivity (Wildman–Crippen MR) is 98.2 cm³/mol. The quantitative estimate of drug-likeness (QED) is 0.816. The van der Waals surface area contributed by atoms with Crippen LogP contribution < -0.4 is 14.8 Å². The van der Waals surface area contributed by atoms with Crippen LogP contribution in [0.25, 0.3) is 0 Å². The number of benzene rings is 1. The first-order valence-electron chi connectivity index (χ1n) is 8.27. The molecule has 1 saturated carbocycles. The summed E-state index contributed by atoms with van der Waals surface area (Å²) in [4.78, 5) is 14.4. The minimum atomic E-state index is -0.0947. The number of ether oxygens (including phenoxy) is 2. The van der Waals surface area contributed by atoms with Crippen LogP contribution in [0.2, 0.25) is 0 Å². The number of nitrogens with one attached hydrogen (secondary N) is 1. The highest BCUT2D eigenvalue weighted by Gasteiger charge is 2.34. The van der Waals surface area contributed by atoms with E-state index in [2.05, 4.69) is 24.3 Å². The van der Waals surface area contributed by atoms with Gasteiger partial charge in [0, 0.05) is 12.1 Å². The topological polar surface area (TPSA) is 50.8 Å². The molecule has 0 bridgehead atoms. The van der Waals surface area contributed by atoms with E-state index in [0.717, 1.165) is 12.8 Å². The molecule has 136 valence electrons. The summed E-state index contributed by atoms with van der Waals surface area (Å²) in [5.41, 5.74) is 0.0817. The zero-order chi connectivity index (χ0) is 16.7. The number of hydrogen-bond acceptors (Lipinski definition) is 4. The second kappa shape index (κ2) is 9.74. The lowest BCUT2D eigenvalue weighted by Crippen LogP contribution is -2.54. The zero-order valence-corrected chi connectivity index (χ0v) is 15.7. The number of likely N-dealkylation sites (N-methyl/N-ethyl adjacent to an activating group) is 1. The van der Waals surface area contributed by atoms with Gasteiger partial charge in [0.05, 0.1) is 7.11 Å². The second-order valence-electron chi connectivity index (χ2n) is 6.40. The summed E-state index contributed by atoms with van der Waals surface area (Å²) in [6.45, 7) is 0.679. The summed E-state index contributed by atoms with van der Waals surface area (Å²) < 4.78 is 10.8. The maximum absolute atomic E-state index is 12.1. The van der Waals surface area contributed by atoms with Gasteiger partial charge in [-0.05, 0) is 39.1 Å². The van der Waals surface area contributed by atoms with E-state index >= 15 is 0 Å². The fraction of sp³-hybridized carbons (Fsp3) is 0.611. The Labute approximate surface area is 151 Å². The van der Waals surface area contributed by atoms with E-state index < -0.39 is 0 Å². The van der Waals surface area contributed by atoms with Crippen LogP contribution in [0.15, 0.2) is 24.3 Å². The Morgan fingerprint density at radius 2 is 1.79 bits per heavy atom.